The van der Waals surface area contributed by atoms with Crippen LogP contribution in [-0.2, 0) is 0 Å². The average molecular weight is 245 g/mol. The third-order valence-corrected chi connectivity index (χ3v) is 1.91. The van der Waals surface area contributed by atoms with Crippen molar-refractivity contribution in [2.45, 2.75) is 19.6 Å². The minimum absolute atomic E-state index is 0.00782. The van der Waals surface area contributed by atoms with Crippen LogP contribution in [-0.4, -0.2) is 30.3 Å². The van der Waals surface area contributed by atoms with Gasteiger partial charge in [0.05, 0.1) is 11.7 Å². The van der Waals surface area contributed by atoms with Gasteiger partial charge in [-0.1, -0.05) is 12.1 Å². The fourth-order valence-electron chi connectivity index (χ4n) is 1.19. The summed E-state index contributed by atoms with van der Waals surface area (Å²) in [6.45, 7) is -1.44. The maximum absolute atomic E-state index is 12.1. The van der Waals surface area contributed by atoms with E-state index in [0.717, 1.165) is 0 Å². The molecule has 0 aliphatic carbocycles. The number of para-hydroxylation sites is 1. The molecule has 1 amide bonds. The van der Waals surface area contributed by atoms with Crippen molar-refractivity contribution >= 4 is 5.91 Å². The van der Waals surface area contributed by atoms with Crippen molar-refractivity contribution in [2.24, 2.45) is 0 Å². The van der Waals surface area contributed by atoms with Crippen LogP contribution in [0.1, 0.15) is 17.3 Å². The normalized spacial score (nSPS) is 12.3. The van der Waals surface area contributed by atoms with Gasteiger partial charge in [0.15, 0.2) is 0 Å². The number of aliphatic hydroxyl groups excluding tert-OH is 1. The predicted octanol–water partition coefficient (Wildman–Crippen LogP) is 1.40. The van der Waals surface area contributed by atoms with E-state index >= 15 is 0 Å². The first-order valence-electron chi connectivity index (χ1n) is 5.01. The fourth-order valence-corrected chi connectivity index (χ4v) is 1.19. The van der Waals surface area contributed by atoms with Crippen LogP contribution in [0.4, 0.5) is 8.78 Å². The van der Waals surface area contributed by atoms with Crippen molar-refractivity contribution in [3.63, 3.8) is 0 Å². The van der Waals surface area contributed by atoms with Gasteiger partial charge in [-0.2, -0.15) is 8.78 Å². The van der Waals surface area contributed by atoms with Crippen molar-refractivity contribution in [3.05, 3.63) is 29.8 Å². The molecule has 1 unspecified atom stereocenters. The van der Waals surface area contributed by atoms with Crippen LogP contribution in [0, 0.1) is 0 Å². The highest BCUT2D eigenvalue weighted by Crippen LogP contribution is 2.19. The maximum atomic E-state index is 12.1. The molecule has 0 saturated carbocycles. The summed E-state index contributed by atoms with van der Waals surface area (Å²) in [4.78, 5) is 11.6. The first-order chi connectivity index (χ1) is 8.00. The molecule has 6 heteroatoms. The minimum Gasteiger partial charge on any atom is -0.434 e. The summed E-state index contributed by atoms with van der Waals surface area (Å²) in [6.07, 6.45) is -0.706. The lowest BCUT2D eigenvalue weighted by molar-refractivity contribution is -0.0501. The highest BCUT2D eigenvalue weighted by molar-refractivity contribution is 5.96. The van der Waals surface area contributed by atoms with Crippen LogP contribution in [0.15, 0.2) is 24.3 Å². The van der Waals surface area contributed by atoms with E-state index < -0.39 is 18.6 Å². The van der Waals surface area contributed by atoms with Crippen LogP contribution in [0.2, 0.25) is 0 Å². The third-order valence-electron chi connectivity index (χ3n) is 1.91. The zero-order valence-corrected chi connectivity index (χ0v) is 9.19. The van der Waals surface area contributed by atoms with Crippen molar-refractivity contribution in [1.29, 1.82) is 0 Å². The average Bonchev–Trinajstić information content (AvgIpc) is 2.25. The number of amides is 1. The van der Waals surface area contributed by atoms with Gasteiger partial charge in [0.2, 0.25) is 0 Å². The summed E-state index contributed by atoms with van der Waals surface area (Å²) in [5.41, 5.74) is 0.00782. The van der Waals surface area contributed by atoms with Gasteiger partial charge in [-0.25, -0.2) is 0 Å². The highest BCUT2D eigenvalue weighted by Gasteiger charge is 2.15. The number of halogens is 2. The van der Waals surface area contributed by atoms with Crippen molar-refractivity contribution in [2.75, 3.05) is 6.54 Å². The number of rotatable bonds is 5. The predicted molar refractivity (Wildman–Crippen MR) is 57.1 cm³/mol. The van der Waals surface area contributed by atoms with E-state index in [-0.39, 0.29) is 17.9 Å². The molecule has 0 heterocycles. The van der Waals surface area contributed by atoms with Crippen LogP contribution in [0.5, 0.6) is 5.75 Å². The molecule has 0 aromatic heterocycles. The second-order valence-corrected chi connectivity index (χ2v) is 3.43. The Labute approximate surface area is 97.2 Å². The van der Waals surface area contributed by atoms with Crippen molar-refractivity contribution in [1.82, 2.24) is 5.32 Å². The zero-order chi connectivity index (χ0) is 12.8. The summed E-state index contributed by atoms with van der Waals surface area (Å²) < 4.78 is 28.4. The largest absolute Gasteiger partial charge is 0.434 e. The summed E-state index contributed by atoms with van der Waals surface area (Å²) in [6, 6.07) is 5.68. The van der Waals surface area contributed by atoms with E-state index in [0.29, 0.717) is 0 Å². The minimum atomic E-state index is -2.99. The van der Waals surface area contributed by atoms with E-state index in [1.165, 1.54) is 31.2 Å². The van der Waals surface area contributed by atoms with Crippen molar-refractivity contribution in [3.8, 4) is 5.75 Å². The van der Waals surface area contributed by atoms with E-state index in [1.807, 2.05) is 0 Å². The molecule has 1 aromatic carbocycles. The number of alkyl halides is 2. The van der Waals surface area contributed by atoms with Gasteiger partial charge in [0.25, 0.3) is 5.91 Å². The van der Waals surface area contributed by atoms with Gasteiger partial charge in [-0.05, 0) is 19.1 Å². The second-order valence-electron chi connectivity index (χ2n) is 3.43. The SMILES string of the molecule is CC(O)CNC(=O)c1ccccc1OC(F)F. The molecule has 1 rings (SSSR count). The Morgan fingerprint density at radius 1 is 1.47 bits per heavy atom. The highest BCUT2D eigenvalue weighted by atomic mass is 19.3. The Morgan fingerprint density at radius 2 is 2.12 bits per heavy atom. The van der Waals surface area contributed by atoms with Crippen LogP contribution < -0.4 is 10.1 Å². The Hall–Kier alpha value is -1.69. The lowest BCUT2D eigenvalue weighted by atomic mass is 10.2. The zero-order valence-electron chi connectivity index (χ0n) is 9.19. The van der Waals surface area contributed by atoms with Crippen LogP contribution in [0.25, 0.3) is 0 Å². The Kier molecular flexibility index (Phi) is 4.84. The van der Waals surface area contributed by atoms with Crippen molar-refractivity contribution < 1.29 is 23.4 Å². The Bertz CT molecular complexity index is 383. The summed E-state index contributed by atoms with van der Waals surface area (Å²) >= 11 is 0. The maximum Gasteiger partial charge on any atom is 0.387 e. The van der Waals surface area contributed by atoms with Gasteiger partial charge in [-0.3, -0.25) is 4.79 Å². The van der Waals surface area contributed by atoms with E-state index in [2.05, 4.69) is 10.1 Å². The third kappa shape index (κ3) is 4.36. The Balaban J connectivity index is 2.78. The van der Waals surface area contributed by atoms with Gasteiger partial charge in [-0.15, -0.1) is 0 Å². The van der Waals surface area contributed by atoms with E-state index in [9.17, 15) is 13.6 Å². The summed E-state index contributed by atoms with van der Waals surface area (Å²) in [5.74, 6) is -0.757. The molecular weight excluding hydrogens is 232 g/mol. The molecule has 4 nitrogen and oxygen atoms in total. The molecule has 0 aliphatic heterocycles. The quantitative estimate of drug-likeness (QED) is 0.824. The molecule has 0 aliphatic rings. The number of carbonyl (C=O) groups is 1. The van der Waals surface area contributed by atoms with Gasteiger partial charge in [0.1, 0.15) is 5.75 Å². The molecule has 2 N–H and O–H groups in total. The lowest BCUT2D eigenvalue weighted by Crippen LogP contribution is -2.30. The lowest BCUT2D eigenvalue weighted by Gasteiger charge is -2.11. The monoisotopic (exact) mass is 245 g/mol. The van der Waals surface area contributed by atoms with Crippen LogP contribution in [0.3, 0.4) is 0 Å². The molecule has 0 saturated heterocycles. The number of carbonyl (C=O) groups excluding carboxylic acids is 1. The molecule has 0 radical (unpaired) electrons. The van der Waals surface area contributed by atoms with Crippen LogP contribution >= 0.6 is 0 Å². The standard InChI is InChI=1S/C11H13F2NO3/c1-7(15)6-14-10(16)8-4-2-3-5-9(8)17-11(12)13/h2-5,7,11,15H,6H2,1H3,(H,14,16). The molecule has 1 atom stereocenters. The molecule has 0 fully saturated rings. The van der Waals surface area contributed by atoms with E-state index in [4.69, 9.17) is 5.11 Å². The number of hydrogen-bond donors (Lipinski definition) is 2. The smallest absolute Gasteiger partial charge is 0.387 e. The van der Waals surface area contributed by atoms with Gasteiger partial charge >= 0.3 is 6.61 Å². The summed E-state index contributed by atoms with van der Waals surface area (Å²) in [7, 11) is 0. The van der Waals surface area contributed by atoms with Gasteiger partial charge < -0.3 is 15.2 Å². The molecule has 1 aromatic rings. The number of ether oxygens (including phenoxy) is 1. The molecule has 17 heavy (non-hydrogen) atoms. The number of nitrogens with one attached hydrogen (secondary N) is 1. The summed E-state index contributed by atoms with van der Waals surface area (Å²) in [5, 5.41) is 11.4. The molecule has 94 valence electrons. The number of benzene rings is 1. The Morgan fingerprint density at radius 3 is 2.71 bits per heavy atom. The van der Waals surface area contributed by atoms with Gasteiger partial charge in [0, 0.05) is 6.54 Å². The number of aliphatic hydroxyl groups is 1. The first kappa shape index (κ1) is 13.4. The molecule has 0 spiro atoms. The second kappa shape index (κ2) is 6.15. The number of hydrogen-bond acceptors (Lipinski definition) is 3. The topological polar surface area (TPSA) is 58.6 Å². The van der Waals surface area contributed by atoms with E-state index in [1.54, 1.807) is 0 Å². The first-order valence-corrected chi connectivity index (χ1v) is 5.01. The fraction of sp³-hybridized carbons (Fsp3) is 0.364. The molecular formula is C11H13F2NO3. The molecule has 0 bridgehead atoms.